The fraction of sp³-hybridized carbons (Fsp3) is 0.571. The minimum atomic E-state index is -0.240. The van der Waals surface area contributed by atoms with Crippen molar-refractivity contribution in [2.24, 2.45) is 5.73 Å². The monoisotopic (exact) mass is 269 g/mol. The smallest absolute Gasteiger partial charge is 0.203 e. The van der Waals surface area contributed by atoms with Gasteiger partial charge < -0.3 is 24.7 Å². The third kappa shape index (κ3) is 4.01. The Bertz CT molecular complexity index is 381. The van der Waals surface area contributed by atoms with E-state index in [0.717, 1.165) is 5.56 Å². The normalized spacial score (nSPS) is 12.4. The van der Waals surface area contributed by atoms with Gasteiger partial charge in [-0.15, -0.1) is 0 Å². The largest absolute Gasteiger partial charge is 0.493 e. The summed E-state index contributed by atoms with van der Waals surface area (Å²) in [6, 6.07) is 3.45. The Balaban J connectivity index is 3.01. The summed E-state index contributed by atoms with van der Waals surface area (Å²) in [5, 5.41) is 0. The van der Waals surface area contributed by atoms with Crippen molar-refractivity contribution in [1.29, 1.82) is 0 Å². The van der Waals surface area contributed by atoms with E-state index in [1.54, 1.807) is 21.3 Å². The van der Waals surface area contributed by atoms with Gasteiger partial charge in [-0.3, -0.25) is 0 Å². The molecule has 0 spiro atoms. The number of hydrogen-bond donors (Lipinski definition) is 1. The Hall–Kier alpha value is -1.46. The van der Waals surface area contributed by atoms with Gasteiger partial charge in [0, 0.05) is 0 Å². The Morgan fingerprint density at radius 2 is 1.53 bits per heavy atom. The Labute approximate surface area is 114 Å². The molecule has 0 amide bonds. The van der Waals surface area contributed by atoms with Crippen LogP contribution >= 0.6 is 0 Å². The highest BCUT2D eigenvalue weighted by Gasteiger charge is 2.16. The van der Waals surface area contributed by atoms with Crippen molar-refractivity contribution in [3.8, 4) is 17.2 Å². The highest BCUT2D eigenvalue weighted by molar-refractivity contribution is 5.54. The van der Waals surface area contributed by atoms with Crippen molar-refractivity contribution in [2.45, 2.75) is 26.0 Å². The summed E-state index contributed by atoms with van der Waals surface area (Å²) in [5.41, 5.74) is 6.99. The van der Waals surface area contributed by atoms with Gasteiger partial charge in [0.2, 0.25) is 5.75 Å². The SMILES string of the molecule is COc1cc(C(N)COC(C)C)cc(OC)c1OC. The highest BCUT2D eigenvalue weighted by Crippen LogP contribution is 2.39. The van der Waals surface area contributed by atoms with Gasteiger partial charge in [0.25, 0.3) is 0 Å². The van der Waals surface area contributed by atoms with Crippen molar-refractivity contribution in [1.82, 2.24) is 0 Å². The van der Waals surface area contributed by atoms with Crippen LogP contribution in [-0.2, 0) is 4.74 Å². The molecule has 1 atom stereocenters. The number of hydrogen-bond acceptors (Lipinski definition) is 5. The summed E-state index contributed by atoms with van der Waals surface area (Å²) in [7, 11) is 4.73. The zero-order valence-corrected chi connectivity index (χ0v) is 12.2. The first-order chi connectivity index (χ1) is 9.03. The molecule has 0 fully saturated rings. The predicted octanol–water partition coefficient (Wildman–Crippen LogP) is 2.14. The van der Waals surface area contributed by atoms with Crippen LogP contribution in [0.2, 0.25) is 0 Å². The standard InChI is InChI=1S/C14H23NO4/c1-9(2)19-8-11(15)10-6-12(16-3)14(18-5)13(7-10)17-4/h6-7,9,11H,8,15H2,1-5H3. The molecule has 1 aromatic carbocycles. The second-order valence-electron chi connectivity index (χ2n) is 4.45. The summed E-state index contributed by atoms with van der Waals surface area (Å²) >= 11 is 0. The molecule has 0 aliphatic heterocycles. The average Bonchev–Trinajstić information content (AvgIpc) is 2.42. The molecule has 0 aromatic heterocycles. The van der Waals surface area contributed by atoms with E-state index in [1.165, 1.54) is 0 Å². The first-order valence-electron chi connectivity index (χ1n) is 6.20. The van der Waals surface area contributed by atoms with E-state index in [2.05, 4.69) is 0 Å². The molecule has 0 saturated carbocycles. The maximum Gasteiger partial charge on any atom is 0.203 e. The van der Waals surface area contributed by atoms with E-state index in [-0.39, 0.29) is 12.1 Å². The Kier molecular flexibility index (Phi) is 5.92. The van der Waals surface area contributed by atoms with E-state index in [9.17, 15) is 0 Å². The summed E-state index contributed by atoms with van der Waals surface area (Å²) in [5.74, 6) is 1.75. The van der Waals surface area contributed by atoms with Crippen LogP contribution in [0.1, 0.15) is 25.5 Å². The number of nitrogens with two attached hydrogens (primary N) is 1. The molecule has 0 saturated heterocycles. The molecule has 0 heterocycles. The van der Waals surface area contributed by atoms with Gasteiger partial charge in [-0.25, -0.2) is 0 Å². The molecule has 1 aromatic rings. The summed E-state index contributed by atoms with van der Waals surface area (Å²) < 4.78 is 21.4. The van der Waals surface area contributed by atoms with E-state index >= 15 is 0 Å². The van der Waals surface area contributed by atoms with E-state index in [4.69, 9.17) is 24.7 Å². The molecule has 1 rings (SSSR count). The highest BCUT2D eigenvalue weighted by atomic mass is 16.5. The molecule has 0 aliphatic rings. The first kappa shape index (κ1) is 15.6. The van der Waals surface area contributed by atoms with Gasteiger partial charge in [-0.2, -0.15) is 0 Å². The summed E-state index contributed by atoms with van der Waals surface area (Å²) in [6.07, 6.45) is 0.146. The van der Waals surface area contributed by atoms with Crippen molar-refractivity contribution in [3.05, 3.63) is 17.7 Å². The van der Waals surface area contributed by atoms with Crippen LogP contribution < -0.4 is 19.9 Å². The summed E-state index contributed by atoms with van der Waals surface area (Å²) in [6.45, 7) is 4.39. The summed E-state index contributed by atoms with van der Waals surface area (Å²) in [4.78, 5) is 0. The van der Waals surface area contributed by atoms with E-state index < -0.39 is 0 Å². The van der Waals surface area contributed by atoms with Crippen LogP contribution in [0.4, 0.5) is 0 Å². The molecule has 0 aliphatic carbocycles. The molecule has 5 heteroatoms. The third-order valence-corrected chi connectivity index (χ3v) is 2.72. The van der Waals surface area contributed by atoms with Crippen LogP contribution in [-0.4, -0.2) is 34.0 Å². The van der Waals surface area contributed by atoms with Crippen LogP contribution in [0.15, 0.2) is 12.1 Å². The van der Waals surface area contributed by atoms with Crippen molar-refractivity contribution < 1.29 is 18.9 Å². The predicted molar refractivity (Wildman–Crippen MR) is 74.1 cm³/mol. The van der Waals surface area contributed by atoms with Gasteiger partial charge in [0.1, 0.15) is 0 Å². The number of ether oxygens (including phenoxy) is 4. The molecular weight excluding hydrogens is 246 g/mol. The number of methoxy groups -OCH3 is 3. The Morgan fingerprint density at radius 3 is 1.89 bits per heavy atom. The molecule has 2 N–H and O–H groups in total. The maximum absolute atomic E-state index is 6.11. The lowest BCUT2D eigenvalue weighted by Crippen LogP contribution is -2.19. The molecule has 0 radical (unpaired) electrons. The van der Waals surface area contributed by atoms with Crippen molar-refractivity contribution >= 4 is 0 Å². The van der Waals surface area contributed by atoms with Crippen LogP contribution in [0.25, 0.3) is 0 Å². The fourth-order valence-electron chi connectivity index (χ4n) is 1.71. The van der Waals surface area contributed by atoms with Gasteiger partial charge >= 0.3 is 0 Å². The zero-order chi connectivity index (χ0) is 14.4. The molecule has 19 heavy (non-hydrogen) atoms. The number of rotatable bonds is 7. The van der Waals surface area contributed by atoms with Crippen LogP contribution in [0, 0.1) is 0 Å². The van der Waals surface area contributed by atoms with Gasteiger partial charge in [-0.05, 0) is 31.5 Å². The van der Waals surface area contributed by atoms with Crippen molar-refractivity contribution in [3.63, 3.8) is 0 Å². The van der Waals surface area contributed by atoms with Gasteiger partial charge in [0.05, 0.1) is 40.1 Å². The third-order valence-electron chi connectivity index (χ3n) is 2.72. The van der Waals surface area contributed by atoms with Crippen LogP contribution in [0.5, 0.6) is 17.2 Å². The molecule has 5 nitrogen and oxygen atoms in total. The average molecular weight is 269 g/mol. The molecule has 1 unspecified atom stereocenters. The first-order valence-corrected chi connectivity index (χ1v) is 6.20. The van der Waals surface area contributed by atoms with E-state index in [1.807, 2.05) is 26.0 Å². The minimum absolute atomic E-state index is 0.146. The van der Waals surface area contributed by atoms with Gasteiger partial charge in [0.15, 0.2) is 11.5 Å². The fourth-order valence-corrected chi connectivity index (χ4v) is 1.71. The molecular formula is C14H23NO4. The van der Waals surface area contributed by atoms with Crippen molar-refractivity contribution in [2.75, 3.05) is 27.9 Å². The van der Waals surface area contributed by atoms with Crippen LogP contribution in [0.3, 0.4) is 0 Å². The lowest BCUT2D eigenvalue weighted by Gasteiger charge is -2.18. The second kappa shape index (κ2) is 7.21. The lowest BCUT2D eigenvalue weighted by molar-refractivity contribution is 0.0682. The lowest BCUT2D eigenvalue weighted by atomic mass is 10.1. The van der Waals surface area contributed by atoms with E-state index in [0.29, 0.717) is 23.9 Å². The second-order valence-corrected chi connectivity index (χ2v) is 4.45. The number of benzene rings is 1. The maximum atomic E-state index is 6.11. The quantitative estimate of drug-likeness (QED) is 0.821. The molecule has 108 valence electrons. The minimum Gasteiger partial charge on any atom is -0.493 e. The zero-order valence-electron chi connectivity index (χ0n) is 12.2. The van der Waals surface area contributed by atoms with Gasteiger partial charge in [-0.1, -0.05) is 0 Å². The molecule has 0 bridgehead atoms. The Morgan fingerprint density at radius 1 is 1.00 bits per heavy atom. The topological polar surface area (TPSA) is 62.9 Å².